The first-order valence-electron chi connectivity index (χ1n) is 4.22. The van der Waals surface area contributed by atoms with E-state index in [1.165, 1.54) is 19.2 Å². The largest absolute Gasteiger partial charge is 0.492 e. The molecule has 1 heterocycles. The Labute approximate surface area is 80.4 Å². The van der Waals surface area contributed by atoms with Gasteiger partial charge in [0.25, 0.3) is 0 Å². The quantitative estimate of drug-likeness (QED) is 0.638. The Bertz CT molecular complexity index is 376. The Morgan fingerprint density at radius 1 is 1.64 bits per heavy atom. The van der Waals surface area contributed by atoms with Crippen LogP contribution in [0.25, 0.3) is 0 Å². The van der Waals surface area contributed by atoms with Gasteiger partial charge in [-0.25, -0.2) is 4.39 Å². The van der Waals surface area contributed by atoms with Crippen molar-refractivity contribution in [3.8, 4) is 5.75 Å². The number of ether oxygens (including phenoxy) is 2. The smallest absolute Gasteiger partial charge is 0.316 e. The van der Waals surface area contributed by atoms with E-state index in [4.69, 9.17) is 4.74 Å². The van der Waals surface area contributed by atoms with Crippen LogP contribution >= 0.6 is 0 Å². The fraction of sp³-hybridized carbons (Fsp3) is 0.300. The number of halogens is 1. The molecule has 0 aromatic heterocycles. The Kier molecular flexibility index (Phi) is 2.11. The zero-order valence-corrected chi connectivity index (χ0v) is 7.62. The van der Waals surface area contributed by atoms with Crippen molar-refractivity contribution in [1.82, 2.24) is 0 Å². The highest BCUT2D eigenvalue weighted by Crippen LogP contribution is 2.34. The zero-order chi connectivity index (χ0) is 10.1. The van der Waals surface area contributed by atoms with Gasteiger partial charge >= 0.3 is 5.97 Å². The van der Waals surface area contributed by atoms with Gasteiger partial charge in [0.05, 0.1) is 7.11 Å². The van der Waals surface area contributed by atoms with E-state index < -0.39 is 5.92 Å². The lowest BCUT2D eigenvalue weighted by molar-refractivity contribution is -0.142. The number of benzene rings is 1. The van der Waals surface area contributed by atoms with Crippen molar-refractivity contribution in [3.05, 3.63) is 29.6 Å². The summed E-state index contributed by atoms with van der Waals surface area (Å²) < 4.78 is 22.6. The molecule has 0 fully saturated rings. The third-order valence-electron chi connectivity index (χ3n) is 2.24. The first-order chi connectivity index (χ1) is 6.72. The summed E-state index contributed by atoms with van der Waals surface area (Å²) in [6.45, 7) is 0.228. The van der Waals surface area contributed by atoms with Crippen molar-refractivity contribution in [1.29, 1.82) is 0 Å². The summed E-state index contributed by atoms with van der Waals surface area (Å²) in [5, 5.41) is 0. The van der Waals surface area contributed by atoms with Crippen LogP contribution in [0.5, 0.6) is 5.75 Å². The normalized spacial score (nSPS) is 18.6. The molecule has 3 nitrogen and oxygen atoms in total. The maximum atomic E-state index is 12.8. The number of hydrogen-bond donors (Lipinski definition) is 0. The number of esters is 1. The Morgan fingerprint density at radius 2 is 2.43 bits per heavy atom. The molecule has 0 aliphatic carbocycles. The highest BCUT2D eigenvalue weighted by Gasteiger charge is 2.31. The second-order valence-corrected chi connectivity index (χ2v) is 3.07. The number of methoxy groups -OCH3 is 1. The second-order valence-electron chi connectivity index (χ2n) is 3.07. The minimum Gasteiger partial charge on any atom is -0.492 e. The lowest BCUT2D eigenvalue weighted by atomic mass is 10.0. The number of carbonyl (C=O) groups is 1. The molecule has 0 amide bonds. The molecule has 0 saturated carbocycles. The third-order valence-corrected chi connectivity index (χ3v) is 2.24. The molecular weight excluding hydrogens is 187 g/mol. The maximum absolute atomic E-state index is 12.8. The molecule has 74 valence electrons. The Balaban J connectivity index is 2.35. The van der Waals surface area contributed by atoms with Gasteiger partial charge in [0.2, 0.25) is 0 Å². The molecule has 0 saturated heterocycles. The standard InChI is InChI=1S/C10H9FO3/c1-13-10(12)8-5-14-9-4-6(11)2-3-7(8)9/h2-4,8H,5H2,1H3. The summed E-state index contributed by atoms with van der Waals surface area (Å²) in [7, 11) is 1.32. The first kappa shape index (κ1) is 8.99. The molecule has 0 bridgehead atoms. The molecule has 14 heavy (non-hydrogen) atoms. The molecule has 1 atom stereocenters. The van der Waals surface area contributed by atoms with Crippen molar-refractivity contribution < 1.29 is 18.7 Å². The molecule has 0 spiro atoms. The molecule has 2 rings (SSSR count). The summed E-state index contributed by atoms with van der Waals surface area (Å²) in [4.78, 5) is 11.3. The van der Waals surface area contributed by atoms with E-state index in [1.54, 1.807) is 6.07 Å². The molecule has 1 unspecified atom stereocenters. The number of carbonyl (C=O) groups excluding carboxylic acids is 1. The van der Waals surface area contributed by atoms with Crippen LogP contribution in [0.1, 0.15) is 11.5 Å². The van der Waals surface area contributed by atoms with Crippen molar-refractivity contribution >= 4 is 5.97 Å². The molecule has 1 aromatic carbocycles. The van der Waals surface area contributed by atoms with Crippen LogP contribution in [0.2, 0.25) is 0 Å². The van der Waals surface area contributed by atoms with Gasteiger partial charge in [-0.2, -0.15) is 0 Å². The average molecular weight is 196 g/mol. The SMILES string of the molecule is COC(=O)C1COc2cc(F)ccc21. The van der Waals surface area contributed by atoms with E-state index in [0.29, 0.717) is 11.3 Å². The lowest BCUT2D eigenvalue weighted by Crippen LogP contribution is -2.15. The minimum absolute atomic E-state index is 0.228. The summed E-state index contributed by atoms with van der Waals surface area (Å²) in [6.07, 6.45) is 0. The molecule has 4 heteroatoms. The van der Waals surface area contributed by atoms with Gasteiger partial charge in [-0.3, -0.25) is 4.79 Å². The molecular formula is C10H9FO3. The summed E-state index contributed by atoms with van der Waals surface area (Å²) in [5.74, 6) is -0.708. The topological polar surface area (TPSA) is 35.5 Å². The van der Waals surface area contributed by atoms with E-state index in [0.717, 1.165) is 0 Å². The first-order valence-corrected chi connectivity index (χ1v) is 4.22. The zero-order valence-electron chi connectivity index (χ0n) is 7.62. The third kappa shape index (κ3) is 1.32. The van der Waals surface area contributed by atoms with Crippen LogP contribution in [0, 0.1) is 5.82 Å². The van der Waals surface area contributed by atoms with E-state index in [2.05, 4.69) is 4.74 Å². The van der Waals surface area contributed by atoms with E-state index >= 15 is 0 Å². The molecule has 1 aliphatic rings. The highest BCUT2D eigenvalue weighted by molar-refractivity contribution is 5.80. The lowest BCUT2D eigenvalue weighted by Gasteiger charge is -2.04. The van der Waals surface area contributed by atoms with Crippen LogP contribution in [0.4, 0.5) is 4.39 Å². The number of fused-ring (bicyclic) bond motifs is 1. The van der Waals surface area contributed by atoms with Crippen molar-refractivity contribution in [2.45, 2.75) is 5.92 Å². The summed E-state index contributed by atoms with van der Waals surface area (Å²) in [5.41, 5.74) is 0.693. The van der Waals surface area contributed by atoms with Crippen molar-refractivity contribution in [3.63, 3.8) is 0 Å². The average Bonchev–Trinajstić information content (AvgIpc) is 2.59. The van der Waals surface area contributed by atoms with Crippen molar-refractivity contribution in [2.75, 3.05) is 13.7 Å². The van der Waals surface area contributed by atoms with Gasteiger partial charge in [-0.05, 0) is 6.07 Å². The van der Waals surface area contributed by atoms with E-state index in [1.807, 2.05) is 0 Å². The van der Waals surface area contributed by atoms with Gasteiger partial charge < -0.3 is 9.47 Å². The second kappa shape index (κ2) is 3.29. The van der Waals surface area contributed by atoms with Crippen LogP contribution in [0.3, 0.4) is 0 Å². The minimum atomic E-state index is -0.421. The molecule has 1 aliphatic heterocycles. The van der Waals surface area contributed by atoms with Gasteiger partial charge in [0, 0.05) is 11.6 Å². The van der Waals surface area contributed by atoms with Gasteiger partial charge in [0.15, 0.2) is 0 Å². The molecule has 0 N–H and O–H groups in total. The highest BCUT2D eigenvalue weighted by atomic mass is 19.1. The number of hydrogen-bond acceptors (Lipinski definition) is 3. The Morgan fingerprint density at radius 3 is 3.14 bits per heavy atom. The fourth-order valence-electron chi connectivity index (χ4n) is 1.52. The van der Waals surface area contributed by atoms with Crippen LogP contribution < -0.4 is 4.74 Å². The van der Waals surface area contributed by atoms with Gasteiger partial charge in [-0.15, -0.1) is 0 Å². The summed E-state index contributed by atoms with van der Waals surface area (Å²) in [6, 6.07) is 4.14. The predicted molar refractivity (Wildman–Crippen MR) is 46.7 cm³/mol. The predicted octanol–water partition coefficient (Wildman–Crippen LogP) is 1.47. The Hall–Kier alpha value is -1.58. The van der Waals surface area contributed by atoms with Crippen LogP contribution in [-0.4, -0.2) is 19.7 Å². The van der Waals surface area contributed by atoms with Crippen LogP contribution in [-0.2, 0) is 9.53 Å². The molecule has 1 aromatic rings. The maximum Gasteiger partial charge on any atom is 0.316 e. The van der Waals surface area contributed by atoms with E-state index in [9.17, 15) is 9.18 Å². The fourth-order valence-corrected chi connectivity index (χ4v) is 1.52. The summed E-state index contributed by atoms with van der Waals surface area (Å²) >= 11 is 0. The monoisotopic (exact) mass is 196 g/mol. The number of rotatable bonds is 1. The van der Waals surface area contributed by atoms with E-state index in [-0.39, 0.29) is 18.4 Å². The van der Waals surface area contributed by atoms with Crippen LogP contribution in [0.15, 0.2) is 18.2 Å². The van der Waals surface area contributed by atoms with Gasteiger partial charge in [-0.1, -0.05) is 6.07 Å². The van der Waals surface area contributed by atoms with Crippen molar-refractivity contribution in [2.24, 2.45) is 0 Å². The molecule has 0 radical (unpaired) electrons. The van der Waals surface area contributed by atoms with Gasteiger partial charge in [0.1, 0.15) is 24.1 Å².